The molecule has 2 heterocycles. The molecule has 98 valence electrons. The fourth-order valence-corrected chi connectivity index (χ4v) is 2.89. The zero-order valence-electron chi connectivity index (χ0n) is 10.6. The van der Waals surface area contributed by atoms with Crippen LogP contribution in [0.5, 0.6) is 0 Å². The van der Waals surface area contributed by atoms with Crippen LogP contribution < -0.4 is 16.2 Å². The van der Waals surface area contributed by atoms with E-state index in [-0.39, 0.29) is 5.56 Å². The molecule has 0 radical (unpaired) electrons. The first-order valence-corrected chi connectivity index (χ1v) is 6.89. The zero-order valence-corrected chi connectivity index (χ0v) is 10.6. The van der Waals surface area contributed by atoms with E-state index in [1.54, 1.807) is 0 Å². The smallest absolute Gasteiger partial charge is 0.257 e. The van der Waals surface area contributed by atoms with Crippen LogP contribution in [0, 0.1) is 5.92 Å². The van der Waals surface area contributed by atoms with Crippen LogP contribution in [0.1, 0.15) is 43.4 Å². The normalized spacial score (nSPS) is 19.8. The first-order valence-electron chi connectivity index (χ1n) is 6.89. The highest BCUT2D eigenvalue weighted by atomic mass is 16.1. The molecule has 0 bridgehead atoms. The first kappa shape index (κ1) is 11.7. The Hall–Kier alpha value is -1.36. The molecule has 2 aliphatic rings. The van der Waals surface area contributed by atoms with E-state index in [1.807, 2.05) is 0 Å². The van der Waals surface area contributed by atoms with Crippen molar-refractivity contribution in [3.05, 3.63) is 21.6 Å². The maximum Gasteiger partial charge on any atom is 0.257 e. The van der Waals surface area contributed by atoms with Crippen LogP contribution in [0.3, 0.4) is 0 Å². The van der Waals surface area contributed by atoms with Crippen LogP contribution in [0.15, 0.2) is 4.79 Å². The highest BCUT2D eigenvalue weighted by Crippen LogP contribution is 2.23. The minimum absolute atomic E-state index is 0.00357. The third-order valence-corrected chi connectivity index (χ3v) is 3.98. The Labute approximate surface area is 106 Å². The number of anilines is 1. The molecule has 5 heteroatoms. The van der Waals surface area contributed by atoms with Gasteiger partial charge in [0.1, 0.15) is 0 Å². The average Bonchev–Trinajstić information content (AvgIpc) is 2.86. The Bertz CT molecular complexity index is 476. The third kappa shape index (κ3) is 2.41. The van der Waals surface area contributed by atoms with Gasteiger partial charge in [-0.2, -0.15) is 0 Å². The predicted molar refractivity (Wildman–Crippen MR) is 70.5 cm³/mol. The van der Waals surface area contributed by atoms with Crippen molar-refractivity contribution in [2.24, 2.45) is 5.92 Å². The number of hydrogen-bond acceptors (Lipinski definition) is 4. The molecule has 0 saturated heterocycles. The van der Waals surface area contributed by atoms with Gasteiger partial charge in [0.25, 0.3) is 5.56 Å². The lowest BCUT2D eigenvalue weighted by Crippen LogP contribution is -2.22. The van der Waals surface area contributed by atoms with Gasteiger partial charge in [0, 0.05) is 19.6 Å². The van der Waals surface area contributed by atoms with Gasteiger partial charge in [-0.15, -0.1) is 0 Å². The van der Waals surface area contributed by atoms with Crippen LogP contribution >= 0.6 is 0 Å². The zero-order chi connectivity index (χ0) is 12.4. The number of H-pyrrole nitrogens is 1. The number of fused-ring (bicyclic) bond motifs is 1. The molecule has 0 aromatic carbocycles. The van der Waals surface area contributed by atoms with Gasteiger partial charge >= 0.3 is 0 Å². The predicted octanol–water partition coefficient (Wildman–Crippen LogP) is 1.37. The van der Waals surface area contributed by atoms with E-state index >= 15 is 0 Å². The van der Waals surface area contributed by atoms with Crippen molar-refractivity contribution >= 4 is 5.95 Å². The minimum Gasteiger partial charge on any atom is -0.355 e. The molecule has 0 spiro atoms. The van der Waals surface area contributed by atoms with E-state index in [2.05, 4.69) is 20.6 Å². The summed E-state index contributed by atoms with van der Waals surface area (Å²) in [5.74, 6) is 1.36. The maximum absolute atomic E-state index is 11.8. The van der Waals surface area contributed by atoms with Crippen LogP contribution in [0.4, 0.5) is 5.95 Å². The molecule has 0 atom stereocenters. The lowest BCUT2D eigenvalue weighted by atomic mass is 9.89. The summed E-state index contributed by atoms with van der Waals surface area (Å²) in [6, 6.07) is 0. The number of hydrogen-bond donors (Lipinski definition) is 3. The Kier molecular flexibility index (Phi) is 3.32. The number of aromatic nitrogens is 2. The Morgan fingerprint density at radius 3 is 2.89 bits per heavy atom. The number of nitrogens with zero attached hydrogens (tertiary/aromatic N) is 1. The highest BCUT2D eigenvalue weighted by Gasteiger charge is 2.17. The molecule has 1 aromatic heterocycles. The molecule has 0 unspecified atom stereocenters. The summed E-state index contributed by atoms with van der Waals surface area (Å²) in [6.07, 6.45) is 6.64. The van der Waals surface area contributed by atoms with E-state index in [4.69, 9.17) is 0 Å². The quantitative estimate of drug-likeness (QED) is 0.755. The van der Waals surface area contributed by atoms with Gasteiger partial charge in [-0.25, -0.2) is 4.98 Å². The standard InChI is InChI=1S/C13H20N4O/c18-12-10-7-14-8-11(10)16-13(17-12)15-6-9-4-2-1-3-5-9/h9,14H,1-8H2,(H2,15,16,17,18). The summed E-state index contributed by atoms with van der Waals surface area (Å²) in [5, 5.41) is 6.44. The summed E-state index contributed by atoms with van der Waals surface area (Å²) in [5.41, 5.74) is 1.68. The molecule has 1 saturated carbocycles. The van der Waals surface area contributed by atoms with Gasteiger partial charge in [0.05, 0.1) is 11.3 Å². The summed E-state index contributed by atoms with van der Waals surface area (Å²) in [6.45, 7) is 2.27. The summed E-state index contributed by atoms with van der Waals surface area (Å²) >= 11 is 0. The Balaban J connectivity index is 1.66. The van der Waals surface area contributed by atoms with E-state index in [9.17, 15) is 4.79 Å². The van der Waals surface area contributed by atoms with Gasteiger partial charge in [-0.05, 0) is 18.8 Å². The summed E-state index contributed by atoms with van der Waals surface area (Å²) < 4.78 is 0. The van der Waals surface area contributed by atoms with E-state index < -0.39 is 0 Å². The first-order chi connectivity index (χ1) is 8.83. The topological polar surface area (TPSA) is 69.8 Å². The third-order valence-electron chi connectivity index (χ3n) is 3.98. The molecule has 5 nitrogen and oxygen atoms in total. The molecule has 18 heavy (non-hydrogen) atoms. The van der Waals surface area contributed by atoms with Gasteiger partial charge in [0.15, 0.2) is 0 Å². The van der Waals surface area contributed by atoms with Gasteiger partial charge in [-0.1, -0.05) is 19.3 Å². The lowest BCUT2D eigenvalue weighted by Gasteiger charge is -2.21. The molecule has 0 amide bonds. The SMILES string of the molecule is O=c1[nH]c(NCC2CCCCC2)nc2c1CNC2. The van der Waals surface area contributed by atoms with Crippen molar-refractivity contribution in [3.8, 4) is 0 Å². The van der Waals surface area contributed by atoms with Crippen molar-refractivity contribution in [1.29, 1.82) is 0 Å². The van der Waals surface area contributed by atoms with Gasteiger partial charge in [0.2, 0.25) is 5.95 Å². The lowest BCUT2D eigenvalue weighted by molar-refractivity contribution is 0.373. The second kappa shape index (κ2) is 5.10. The second-order valence-corrected chi connectivity index (χ2v) is 5.33. The van der Waals surface area contributed by atoms with E-state index in [0.29, 0.717) is 19.0 Å². The van der Waals surface area contributed by atoms with Crippen LogP contribution in [-0.2, 0) is 13.1 Å². The van der Waals surface area contributed by atoms with Crippen molar-refractivity contribution in [3.63, 3.8) is 0 Å². The average molecular weight is 248 g/mol. The molecular formula is C13H20N4O. The Morgan fingerprint density at radius 2 is 2.06 bits per heavy atom. The van der Waals surface area contributed by atoms with Crippen molar-refractivity contribution < 1.29 is 0 Å². The molecule has 1 aliphatic heterocycles. The fourth-order valence-electron chi connectivity index (χ4n) is 2.89. The Morgan fingerprint density at radius 1 is 1.22 bits per heavy atom. The molecule has 3 rings (SSSR count). The van der Waals surface area contributed by atoms with Crippen molar-refractivity contribution in [1.82, 2.24) is 15.3 Å². The molecule has 1 aliphatic carbocycles. The fraction of sp³-hybridized carbons (Fsp3) is 0.692. The second-order valence-electron chi connectivity index (χ2n) is 5.33. The maximum atomic E-state index is 11.8. The van der Waals surface area contributed by atoms with Gasteiger partial charge in [-0.3, -0.25) is 9.78 Å². The summed E-state index contributed by atoms with van der Waals surface area (Å²) in [7, 11) is 0. The summed E-state index contributed by atoms with van der Waals surface area (Å²) in [4.78, 5) is 19.1. The molecular weight excluding hydrogens is 228 g/mol. The van der Waals surface area contributed by atoms with Crippen molar-refractivity contribution in [2.75, 3.05) is 11.9 Å². The molecule has 3 N–H and O–H groups in total. The number of rotatable bonds is 3. The van der Waals surface area contributed by atoms with Crippen LogP contribution in [0.2, 0.25) is 0 Å². The highest BCUT2D eigenvalue weighted by molar-refractivity contribution is 5.31. The molecule has 1 fully saturated rings. The minimum atomic E-state index is -0.00357. The largest absolute Gasteiger partial charge is 0.355 e. The van der Waals surface area contributed by atoms with E-state index in [0.717, 1.165) is 23.7 Å². The van der Waals surface area contributed by atoms with Crippen molar-refractivity contribution in [2.45, 2.75) is 45.2 Å². The van der Waals surface area contributed by atoms with E-state index in [1.165, 1.54) is 32.1 Å². The number of aromatic amines is 1. The monoisotopic (exact) mass is 248 g/mol. The molecule has 1 aromatic rings. The number of nitrogens with one attached hydrogen (secondary N) is 3. The van der Waals surface area contributed by atoms with Crippen LogP contribution in [-0.4, -0.2) is 16.5 Å². The van der Waals surface area contributed by atoms with Crippen LogP contribution in [0.25, 0.3) is 0 Å². The van der Waals surface area contributed by atoms with Gasteiger partial charge < -0.3 is 10.6 Å².